The fraction of sp³-hybridized carbons (Fsp3) is 0.407. The molecule has 1 amide bonds. The zero-order valence-electron chi connectivity index (χ0n) is 22.2. The molecule has 0 spiro atoms. The van der Waals surface area contributed by atoms with Gasteiger partial charge >= 0.3 is 12.4 Å². The maximum atomic E-state index is 15.4. The Morgan fingerprint density at radius 1 is 0.952 bits per heavy atom. The summed E-state index contributed by atoms with van der Waals surface area (Å²) in [5.41, 5.74) is -4.16. The number of ether oxygens (including phenoxy) is 2. The van der Waals surface area contributed by atoms with Crippen molar-refractivity contribution in [2.24, 2.45) is 0 Å². The average molecular weight is 602 g/mol. The van der Waals surface area contributed by atoms with E-state index in [1.165, 1.54) is 24.3 Å². The zero-order chi connectivity index (χ0) is 30.5. The second-order valence-corrected chi connectivity index (χ2v) is 9.50. The molecule has 3 aromatic rings. The van der Waals surface area contributed by atoms with E-state index in [0.717, 1.165) is 18.2 Å². The molecule has 0 aliphatic carbocycles. The van der Waals surface area contributed by atoms with Crippen molar-refractivity contribution < 1.29 is 45.0 Å². The van der Waals surface area contributed by atoms with Crippen LogP contribution in [0.15, 0.2) is 42.5 Å². The molecule has 0 bridgehead atoms. The van der Waals surface area contributed by atoms with Crippen LogP contribution in [0.25, 0.3) is 11.1 Å². The summed E-state index contributed by atoms with van der Waals surface area (Å²) in [5.74, 6) is -2.39. The number of nitrogens with zero attached hydrogens (tertiary/aromatic N) is 3. The van der Waals surface area contributed by atoms with Crippen LogP contribution in [0.3, 0.4) is 0 Å². The number of aromatic amines is 1. The Bertz CT molecular complexity index is 1410. The van der Waals surface area contributed by atoms with Crippen molar-refractivity contribution in [3.8, 4) is 11.5 Å². The quantitative estimate of drug-likeness (QED) is 0.203. The minimum Gasteiger partial charge on any atom is -0.494 e. The first-order chi connectivity index (χ1) is 19.8. The summed E-state index contributed by atoms with van der Waals surface area (Å²) in [6.45, 7) is 2.06. The number of carbonyl (C=O) groups excluding carboxylic acids is 1. The molecule has 0 fully saturated rings. The van der Waals surface area contributed by atoms with Gasteiger partial charge in [0.15, 0.2) is 5.54 Å². The van der Waals surface area contributed by atoms with Crippen LogP contribution in [0.1, 0.15) is 56.0 Å². The average Bonchev–Trinajstić information content (AvgIpc) is 3.44. The first-order valence-corrected chi connectivity index (χ1v) is 12.9. The number of halogens is 7. The molecule has 8 nitrogen and oxygen atoms in total. The van der Waals surface area contributed by atoms with E-state index in [2.05, 4.69) is 20.6 Å². The molecule has 226 valence electrons. The Balaban J connectivity index is 1.66. The van der Waals surface area contributed by atoms with Gasteiger partial charge in [0, 0.05) is 24.5 Å². The third-order valence-electron chi connectivity index (χ3n) is 6.64. The highest BCUT2D eigenvalue weighted by molar-refractivity contribution is 6.27. The maximum absolute atomic E-state index is 15.4. The van der Waals surface area contributed by atoms with Crippen molar-refractivity contribution in [2.75, 3.05) is 13.2 Å². The van der Waals surface area contributed by atoms with Gasteiger partial charge in [0.1, 0.15) is 17.3 Å². The lowest BCUT2D eigenvalue weighted by Crippen LogP contribution is -2.59. The lowest BCUT2D eigenvalue weighted by molar-refractivity contribution is -0.202. The van der Waals surface area contributed by atoms with Crippen molar-refractivity contribution in [1.29, 1.82) is 0 Å². The third-order valence-corrected chi connectivity index (χ3v) is 6.64. The second-order valence-electron chi connectivity index (χ2n) is 9.50. The van der Waals surface area contributed by atoms with Gasteiger partial charge in [0.25, 0.3) is 5.91 Å². The topological polar surface area (TPSA) is 102 Å². The highest BCUT2D eigenvalue weighted by atomic mass is 19.4. The number of unbranched alkanes of at least 4 members (excludes halogenated alkanes) is 2. The lowest BCUT2D eigenvalue weighted by Gasteiger charge is -2.41. The fourth-order valence-corrected chi connectivity index (χ4v) is 4.67. The molecule has 1 atom stereocenters. The van der Waals surface area contributed by atoms with Gasteiger partial charge in [0.2, 0.25) is 5.82 Å². The van der Waals surface area contributed by atoms with Gasteiger partial charge in [-0.25, -0.2) is 4.39 Å². The summed E-state index contributed by atoms with van der Waals surface area (Å²) in [6.07, 6.45) is -11.0. The maximum Gasteiger partial charge on any atom is 0.416 e. The van der Waals surface area contributed by atoms with E-state index in [4.69, 9.17) is 9.47 Å². The molecular weight excluding hydrogens is 575 g/mol. The Morgan fingerprint density at radius 3 is 2.26 bits per heavy atom. The molecule has 2 aromatic carbocycles. The molecule has 15 heteroatoms. The minimum absolute atomic E-state index is 0.0590. The first kappa shape index (κ1) is 30.8. The van der Waals surface area contributed by atoms with Crippen LogP contribution < -0.4 is 14.8 Å². The molecule has 42 heavy (non-hydrogen) atoms. The van der Waals surface area contributed by atoms with Crippen LogP contribution in [0.2, 0.25) is 0 Å². The van der Waals surface area contributed by atoms with E-state index in [1.54, 1.807) is 6.92 Å². The molecule has 1 unspecified atom stereocenters. The first-order valence-electron chi connectivity index (χ1n) is 12.9. The number of aromatic nitrogens is 4. The van der Waals surface area contributed by atoms with E-state index in [0.29, 0.717) is 12.4 Å². The SMILES string of the molecule is CCOc1ccc(C2=C(c3nn[nH]n3)C(=O)NC(c3ccc(OCCCCCC(F)(F)F)cc3F)(C(F)(F)F)C2)cc1. The molecule has 0 saturated carbocycles. The van der Waals surface area contributed by atoms with Crippen molar-refractivity contribution in [2.45, 2.75) is 56.9 Å². The molecule has 1 aliphatic heterocycles. The number of alkyl halides is 6. The number of rotatable bonds is 11. The predicted molar refractivity (Wildman–Crippen MR) is 136 cm³/mol. The van der Waals surface area contributed by atoms with Crippen LogP contribution in [0.5, 0.6) is 11.5 Å². The van der Waals surface area contributed by atoms with E-state index < -0.39 is 48.0 Å². The second kappa shape index (κ2) is 12.4. The van der Waals surface area contributed by atoms with Crippen molar-refractivity contribution in [3.63, 3.8) is 0 Å². The Morgan fingerprint density at radius 2 is 1.67 bits per heavy atom. The molecule has 2 heterocycles. The number of hydrogen-bond donors (Lipinski definition) is 2. The zero-order valence-corrected chi connectivity index (χ0v) is 22.2. The largest absolute Gasteiger partial charge is 0.494 e. The van der Waals surface area contributed by atoms with Crippen LogP contribution in [0.4, 0.5) is 30.7 Å². The Hall–Kier alpha value is -4.17. The summed E-state index contributed by atoms with van der Waals surface area (Å²) >= 11 is 0. The van der Waals surface area contributed by atoms with Gasteiger partial charge < -0.3 is 14.8 Å². The van der Waals surface area contributed by atoms with E-state index in [-0.39, 0.29) is 54.2 Å². The molecule has 4 rings (SSSR count). The van der Waals surface area contributed by atoms with Gasteiger partial charge in [0.05, 0.1) is 18.8 Å². The molecule has 1 aromatic heterocycles. The van der Waals surface area contributed by atoms with Crippen LogP contribution >= 0.6 is 0 Å². The number of carbonyl (C=O) groups is 1. The lowest BCUT2D eigenvalue weighted by atomic mass is 9.76. The van der Waals surface area contributed by atoms with Crippen LogP contribution in [-0.4, -0.2) is 52.1 Å². The van der Waals surface area contributed by atoms with Crippen molar-refractivity contribution in [3.05, 3.63) is 65.2 Å². The molecule has 1 aliphatic rings. The van der Waals surface area contributed by atoms with Gasteiger partial charge in [-0.05, 0) is 66.8 Å². The van der Waals surface area contributed by atoms with E-state index in [1.807, 2.05) is 5.32 Å². The summed E-state index contributed by atoms with van der Waals surface area (Å²) in [6, 6.07) is 8.73. The summed E-state index contributed by atoms with van der Waals surface area (Å²) in [4.78, 5) is 13.3. The third kappa shape index (κ3) is 6.82. The minimum atomic E-state index is -5.16. The van der Waals surface area contributed by atoms with Crippen LogP contribution in [0, 0.1) is 5.82 Å². The number of H-pyrrole nitrogens is 1. The number of tetrazole rings is 1. The van der Waals surface area contributed by atoms with Crippen molar-refractivity contribution in [1.82, 2.24) is 25.9 Å². The van der Waals surface area contributed by atoms with E-state index >= 15 is 4.39 Å². The monoisotopic (exact) mass is 601 g/mol. The predicted octanol–water partition coefficient (Wildman–Crippen LogP) is 6.13. The smallest absolute Gasteiger partial charge is 0.416 e. The fourth-order valence-electron chi connectivity index (χ4n) is 4.67. The molecular formula is C27H26F7N5O3. The highest BCUT2D eigenvalue weighted by Gasteiger charge is 2.61. The van der Waals surface area contributed by atoms with Crippen LogP contribution in [-0.2, 0) is 10.3 Å². The van der Waals surface area contributed by atoms with Gasteiger partial charge in [-0.3, -0.25) is 4.79 Å². The number of amides is 1. The number of benzene rings is 2. The Labute approximate surface area is 235 Å². The molecule has 0 saturated heterocycles. The number of nitrogens with one attached hydrogen (secondary N) is 2. The summed E-state index contributed by atoms with van der Waals surface area (Å²) in [5, 5.41) is 15.1. The standard InChI is InChI=1S/C27H26F7N5O3/c1-2-41-17-8-6-16(7-9-17)19-15-25(27(32,33)34,35-24(40)22(19)23-36-38-39-37-23)20-11-10-18(14-21(20)28)42-13-5-3-4-12-26(29,30)31/h6-11,14H,2-5,12-13,15H2,1H3,(H,35,40)(H,36,37,38,39). The van der Waals surface area contributed by atoms with Gasteiger partial charge in [-0.15, -0.1) is 10.2 Å². The highest BCUT2D eigenvalue weighted by Crippen LogP contribution is 2.50. The normalized spacial score (nSPS) is 17.8. The molecule has 0 radical (unpaired) electrons. The Kier molecular flexibility index (Phi) is 9.06. The van der Waals surface area contributed by atoms with Crippen molar-refractivity contribution >= 4 is 17.1 Å². The van der Waals surface area contributed by atoms with Gasteiger partial charge in [-0.1, -0.05) is 12.1 Å². The summed E-state index contributed by atoms with van der Waals surface area (Å²) < 4.78 is 108. The van der Waals surface area contributed by atoms with Gasteiger partial charge in [-0.2, -0.15) is 31.6 Å². The molecule has 2 N–H and O–H groups in total. The summed E-state index contributed by atoms with van der Waals surface area (Å²) in [7, 11) is 0. The number of hydrogen-bond acceptors (Lipinski definition) is 6. The van der Waals surface area contributed by atoms with E-state index in [9.17, 15) is 31.1 Å².